The zero-order valence-electron chi connectivity index (χ0n) is 25.8. The number of nitrogens with zero attached hydrogens (tertiary/aromatic N) is 1. The third kappa shape index (κ3) is 9.02. The van der Waals surface area contributed by atoms with Gasteiger partial charge in [-0.05, 0) is 85.0 Å². The molecule has 1 aliphatic rings. The zero-order chi connectivity index (χ0) is 33.1. The lowest BCUT2D eigenvalue weighted by Gasteiger charge is -2.28. The number of halogens is 1. The molecule has 11 nitrogen and oxygen atoms in total. The number of hydrogen-bond donors (Lipinski definition) is 4. The fourth-order valence-electron chi connectivity index (χ4n) is 4.70. The van der Waals surface area contributed by atoms with Crippen molar-refractivity contribution in [2.24, 2.45) is 5.10 Å². The van der Waals surface area contributed by atoms with E-state index in [2.05, 4.69) is 27.7 Å². The van der Waals surface area contributed by atoms with E-state index in [-0.39, 0.29) is 12.2 Å². The lowest BCUT2D eigenvalue weighted by atomic mass is 9.95. The molecule has 0 aliphatic carbocycles. The summed E-state index contributed by atoms with van der Waals surface area (Å²) in [6, 6.07) is 17.0. The second-order valence-electron chi connectivity index (χ2n) is 10.2. The Kier molecular flexibility index (Phi) is 12.0. The average Bonchev–Trinajstić information content (AvgIpc) is 3.04. The van der Waals surface area contributed by atoms with Gasteiger partial charge in [-0.25, -0.2) is 9.59 Å². The predicted molar refractivity (Wildman–Crippen MR) is 175 cm³/mol. The highest BCUT2D eigenvalue weighted by molar-refractivity contribution is 6.30. The van der Waals surface area contributed by atoms with E-state index in [4.69, 9.17) is 30.5 Å². The van der Waals surface area contributed by atoms with Crippen molar-refractivity contribution < 1.29 is 33.6 Å². The normalized spacial score (nSPS) is 15.1. The van der Waals surface area contributed by atoms with Crippen LogP contribution in [0.15, 0.2) is 89.7 Å². The molecular weight excluding hydrogens is 612 g/mol. The zero-order valence-corrected chi connectivity index (χ0v) is 26.6. The highest BCUT2D eigenvalue weighted by Gasteiger charge is 2.32. The van der Waals surface area contributed by atoms with Crippen LogP contribution in [0.2, 0.25) is 5.02 Å². The van der Waals surface area contributed by atoms with E-state index >= 15 is 0 Å². The SMILES string of the molecule is C=CCc1cc(/C=N\N[C@H](O)COc2ccc([C@@H]3NC(=O)NC(C)=C3C(=O)OC)cc2OCC)ccc1OCc1ccc(Cl)cc1. The number of aliphatic hydroxyl groups is 1. The monoisotopic (exact) mass is 648 g/mol. The quantitative estimate of drug-likeness (QED) is 0.0582. The number of ether oxygens (including phenoxy) is 4. The summed E-state index contributed by atoms with van der Waals surface area (Å²) in [5, 5.41) is 20.6. The van der Waals surface area contributed by atoms with Crippen LogP contribution in [-0.4, -0.2) is 49.9 Å². The Labute approximate surface area is 272 Å². The Morgan fingerprint density at radius 1 is 1.09 bits per heavy atom. The number of amides is 2. The molecule has 3 aromatic carbocycles. The van der Waals surface area contributed by atoms with Crippen molar-refractivity contribution in [1.29, 1.82) is 0 Å². The van der Waals surface area contributed by atoms with Gasteiger partial charge >= 0.3 is 12.0 Å². The lowest BCUT2D eigenvalue weighted by Crippen LogP contribution is -2.45. The van der Waals surface area contributed by atoms with Gasteiger partial charge in [-0.1, -0.05) is 35.9 Å². The van der Waals surface area contributed by atoms with Crippen LogP contribution in [0.1, 0.15) is 42.1 Å². The molecule has 0 radical (unpaired) electrons. The largest absolute Gasteiger partial charge is 0.490 e. The highest BCUT2D eigenvalue weighted by atomic mass is 35.5. The number of aliphatic hydroxyl groups excluding tert-OH is 1. The predicted octanol–water partition coefficient (Wildman–Crippen LogP) is 5.17. The summed E-state index contributed by atoms with van der Waals surface area (Å²) in [7, 11) is 1.28. The van der Waals surface area contributed by atoms with Crippen molar-refractivity contribution in [1.82, 2.24) is 16.1 Å². The average molecular weight is 649 g/mol. The van der Waals surface area contributed by atoms with Crippen LogP contribution in [0.4, 0.5) is 4.79 Å². The molecule has 46 heavy (non-hydrogen) atoms. The summed E-state index contributed by atoms with van der Waals surface area (Å²) in [4.78, 5) is 24.6. The summed E-state index contributed by atoms with van der Waals surface area (Å²) >= 11 is 5.97. The first-order chi connectivity index (χ1) is 22.2. The standard InChI is InChI=1S/C34H37ClN4O7/c1-5-7-24-16-23(10-14-27(24)45-19-22-8-12-26(35)13-9-22)18-36-39-30(40)20-46-28-15-11-25(17-29(28)44-6-2)32-31(33(41)43-4)21(3)37-34(42)38-32/h5,8-18,30,32,39-40H,1,6-7,19-20H2,2-4H3,(H2,37,38,42)/b36-18-/t30-,32+/m1/s1. The number of hydrazone groups is 1. The van der Waals surface area contributed by atoms with E-state index in [9.17, 15) is 14.7 Å². The summed E-state index contributed by atoms with van der Waals surface area (Å²) in [5.41, 5.74) is 6.64. The maximum absolute atomic E-state index is 12.5. The van der Waals surface area contributed by atoms with Crippen molar-refractivity contribution in [3.63, 3.8) is 0 Å². The summed E-state index contributed by atoms with van der Waals surface area (Å²) in [6.07, 6.45) is 2.85. The van der Waals surface area contributed by atoms with Crippen molar-refractivity contribution in [2.45, 2.75) is 39.1 Å². The van der Waals surface area contributed by atoms with Crippen LogP contribution in [0.25, 0.3) is 0 Å². The van der Waals surface area contributed by atoms with Gasteiger partial charge in [0.25, 0.3) is 0 Å². The van der Waals surface area contributed by atoms with Crippen molar-refractivity contribution in [2.75, 3.05) is 20.3 Å². The Balaban J connectivity index is 1.37. The molecule has 0 fully saturated rings. The minimum Gasteiger partial charge on any atom is -0.490 e. The van der Waals surface area contributed by atoms with Crippen LogP contribution >= 0.6 is 11.6 Å². The Hall–Kier alpha value is -5.00. The Morgan fingerprint density at radius 3 is 2.57 bits per heavy atom. The second kappa shape index (κ2) is 16.4. The summed E-state index contributed by atoms with van der Waals surface area (Å²) < 4.78 is 22.5. The number of methoxy groups -OCH3 is 1. The smallest absolute Gasteiger partial charge is 0.337 e. The number of allylic oxidation sites excluding steroid dienone is 2. The number of nitrogens with one attached hydrogen (secondary N) is 3. The van der Waals surface area contributed by atoms with Crippen LogP contribution in [0.5, 0.6) is 17.2 Å². The number of esters is 1. The maximum Gasteiger partial charge on any atom is 0.337 e. The Morgan fingerprint density at radius 2 is 1.85 bits per heavy atom. The van der Waals surface area contributed by atoms with Gasteiger partial charge in [0.2, 0.25) is 0 Å². The van der Waals surface area contributed by atoms with Gasteiger partial charge in [0.1, 0.15) is 19.0 Å². The van der Waals surface area contributed by atoms with Gasteiger partial charge in [0.05, 0.1) is 31.5 Å². The molecule has 0 spiro atoms. The molecule has 242 valence electrons. The lowest BCUT2D eigenvalue weighted by molar-refractivity contribution is -0.136. The van der Waals surface area contributed by atoms with Gasteiger partial charge < -0.3 is 34.7 Å². The van der Waals surface area contributed by atoms with Crippen molar-refractivity contribution in [3.8, 4) is 17.2 Å². The van der Waals surface area contributed by atoms with Crippen LogP contribution in [-0.2, 0) is 22.6 Å². The molecule has 0 aromatic heterocycles. The van der Waals surface area contributed by atoms with E-state index < -0.39 is 24.3 Å². The first kappa shape index (κ1) is 33.9. The van der Waals surface area contributed by atoms with E-state index in [1.165, 1.54) is 7.11 Å². The number of urea groups is 1. The number of hydrogen-bond acceptors (Lipinski definition) is 9. The van der Waals surface area contributed by atoms with E-state index in [0.717, 1.165) is 22.4 Å². The molecule has 4 rings (SSSR count). The van der Waals surface area contributed by atoms with Crippen molar-refractivity contribution in [3.05, 3.63) is 112 Å². The molecule has 0 unspecified atom stereocenters. The highest BCUT2D eigenvalue weighted by Crippen LogP contribution is 2.35. The second-order valence-corrected chi connectivity index (χ2v) is 10.6. The van der Waals surface area contributed by atoms with Crippen LogP contribution in [0, 0.1) is 0 Å². The molecule has 1 heterocycles. The topological polar surface area (TPSA) is 140 Å². The van der Waals surface area contributed by atoms with Gasteiger partial charge in [0, 0.05) is 10.7 Å². The third-order valence-electron chi connectivity index (χ3n) is 6.87. The minimum absolute atomic E-state index is 0.146. The molecule has 1 aliphatic heterocycles. The number of carbonyl (C=O) groups excluding carboxylic acids is 2. The first-order valence-electron chi connectivity index (χ1n) is 14.6. The molecule has 0 saturated carbocycles. The molecular formula is C34H37ClN4O7. The molecule has 4 N–H and O–H groups in total. The fraction of sp³-hybridized carbons (Fsp3) is 0.265. The van der Waals surface area contributed by atoms with E-state index in [0.29, 0.717) is 47.4 Å². The maximum atomic E-state index is 12.5. The van der Waals surface area contributed by atoms with Gasteiger partial charge in [-0.2, -0.15) is 5.10 Å². The number of benzene rings is 3. The van der Waals surface area contributed by atoms with Crippen LogP contribution < -0.4 is 30.3 Å². The third-order valence-corrected chi connectivity index (χ3v) is 7.12. The molecule has 2 amide bonds. The summed E-state index contributed by atoms with van der Waals surface area (Å²) in [5.74, 6) is 0.899. The van der Waals surface area contributed by atoms with Gasteiger partial charge in [-0.15, -0.1) is 6.58 Å². The molecule has 0 bridgehead atoms. The van der Waals surface area contributed by atoms with E-state index in [1.807, 2.05) is 49.4 Å². The van der Waals surface area contributed by atoms with Crippen LogP contribution in [0.3, 0.4) is 0 Å². The van der Waals surface area contributed by atoms with Crippen molar-refractivity contribution >= 4 is 29.8 Å². The number of rotatable bonds is 15. The first-order valence-corrected chi connectivity index (χ1v) is 14.9. The fourth-order valence-corrected chi connectivity index (χ4v) is 4.82. The minimum atomic E-state index is -1.14. The Bertz CT molecular complexity index is 1610. The molecule has 12 heteroatoms. The molecule has 2 atom stereocenters. The van der Waals surface area contributed by atoms with Gasteiger partial charge in [0.15, 0.2) is 17.7 Å². The number of carbonyl (C=O) groups is 2. The molecule has 0 saturated heterocycles. The summed E-state index contributed by atoms with van der Waals surface area (Å²) in [6.45, 7) is 7.87. The molecule has 3 aromatic rings. The van der Waals surface area contributed by atoms with Gasteiger partial charge in [-0.3, -0.25) is 5.43 Å². The van der Waals surface area contributed by atoms with E-state index in [1.54, 1.807) is 37.4 Å².